The molecule has 0 aliphatic carbocycles. The van der Waals surface area contributed by atoms with Gasteiger partial charge in [0.25, 0.3) is 0 Å². The van der Waals surface area contributed by atoms with Crippen LogP contribution < -0.4 is 10.1 Å². The zero-order valence-electron chi connectivity index (χ0n) is 20.5. The van der Waals surface area contributed by atoms with Crippen molar-refractivity contribution in [1.82, 2.24) is 20.1 Å². The van der Waals surface area contributed by atoms with Gasteiger partial charge < -0.3 is 15.0 Å². The number of nitrogens with one attached hydrogen (secondary N) is 1. The molecule has 0 radical (unpaired) electrons. The first-order valence-corrected chi connectivity index (χ1v) is 12.1. The summed E-state index contributed by atoms with van der Waals surface area (Å²) in [6.07, 6.45) is 1.85. The van der Waals surface area contributed by atoms with Crippen LogP contribution in [-0.2, 0) is 17.8 Å². The van der Waals surface area contributed by atoms with Crippen LogP contribution in [0.15, 0.2) is 60.8 Å². The fourth-order valence-electron chi connectivity index (χ4n) is 4.12. The number of pyridine rings is 1. The molecule has 0 bridgehead atoms. The highest BCUT2D eigenvalue weighted by Gasteiger charge is 2.14. The summed E-state index contributed by atoms with van der Waals surface area (Å²) in [6, 6.07) is 16.5. The van der Waals surface area contributed by atoms with E-state index in [2.05, 4.69) is 33.2 Å². The number of amides is 1. The first kappa shape index (κ1) is 24.8. The fraction of sp³-hybridized carbons (Fsp3) is 0.357. The van der Waals surface area contributed by atoms with Gasteiger partial charge in [-0.3, -0.25) is 14.7 Å². The summed E-state index contributed by atoms with van der Waals surface area (Å²) >= 11 is 0. The number of carbonyl (C=O) groups is 1. The number of halogens is 1. The Labute approximate surface area is 206 Å². The van der Waals surface area contributed by atoms with Crippen LogP contribution in [0.2, 0.25) is 0 Å². The smallest absolute Gasteiger partial charge is 0.224 e. The Bertz CT molecular complexity index is 1130. The van der Waals surface area contributed by atoms with Crippen molar-refractivity contribution >= 4 is 5.91 Å². The lowest BCUT2D eigenvalue weighted by Crippen LogP contribution is -2.45. The number of carbonyl (C=O) groups excluding carboxylic acids is 1. The number of nitrogens with zero attached hydrogens (tertiary/aromatic N) is 3. The van der Waals surface area contributed by atoms with Gasteiger partial charge in [0, 0.05) is 57.1 Å². The third kappa shape index (κ3) is 7.34. The maximum Gasteiger partial charge on any atom is 0.224 e. The van der Waals surface area contributed by atoms with Crippen LogP contribution in [-0.4, -0.2) is 67.1 Å². The largest absolute Gasteiger partial charge is 0.492 e. The normalized spacial score (nSPS) is 14.6. The summed E-state index contributed by atoms with van der Waals surface area (Å²) in [7, 11) is 2.13. The van der Waals surface area contributed by atoms with E-state index >= 15 is 0 Å². The van der Waals surface area contributed by atoms with Gasteiger partial charge in [0.1, 0.15) is 18.2 Å². The Hall–Kier alpha value is -3.29. The van der Waals surface area contributed by atoms with Gasteiger partial charge in [0.15, 0.2) is 0 Å². The Kier molecular flexibility index (Phi) is 8.45. The third-order valence-electron chi connectivity index (χ3n) is 6.25. The number of likely N-dealkylation sites (N-methyl/N-ethyl adjacent to an activating group) is 1. The standard InChI is InChI=1S/C28H33FN4O2/c1-21-4-3-5-22(16-21)20-31-28(34)17-23-6-9-27(30-19-23)25-8-7-24(18-26(25)29)35-15-14-33-12-10-32(2)11-13-33/h3-9,16,18-19H,10-15,17,20H2,1-2H3,(H,31,34). The number of rotatable bonds is 9. The van der Waals surface area contributed by atoms with Gasteiger partial charge in [0.05, 0.1) is 12.1 Å². The second-order valence-electron chi connectivity index (χ2n) is 9.13. The van der Waals surface area contributed by atoms with Crippen molar-refractivity contribution in [3.63, 3.8) is 0 Å². The number of ether oxygens (including phenoxy) is 1. The van der Waals surface area contributed by atoms with E-state index < -0.39 is 0 Å². The Balaban J connectivity index is 1.26. The molecule has 6 nitrogen and oxygen atoms in total. The van der Waals surface area contributed by atoms with Crippen molar-refractivity contribution in [2.24, 2.45) is 0 Å². The fourth-order valence-corrected chi connectivity index (χ4v) is 4.12. The molecule has 4 rings (SSSR count). The molecular formula is C28H33FN4O2. The lowest BCUT2D eigenvalue weighted by molar-refractivity contribution is -0.120. The average Bonchev–Trinajstić information content (AvgIpc) is 2.85. The van der Waals surface area contributed by atoms with Gasteiger partial charge in [-0.05, 0) is 43.3 Å². The molecule has 3 aromatic rings. The number of piperazine rings is 1. The molecule has 0 unspecified atom stereocenters. The van der Waals surface area contributed by atoms with Crippen molar-refractivity contribution in [3.05, 3.63) is 83.3 Å². The molecule has 1 aliphatic rings. The van der Waals surface area contributed by atoms with Gasteiger partial charge in [-0.1, -0.05) is 35.9 Å². The highest BCUT2D eigenvalue weighted by molar-refractivity contribution is 5.78. The van der Waals surface area contributed by atoms with Crippen molar-refractivity contribution in [2.75, 3.05) is 46.4 Å². The van der Waals surface area contributed by atoms with Crippen molar-refractivity contribution in [2.45, 2.75) is 19.9 Å². The van der Waals surface area contributed by atoms with E-state index in [4.69, 9.17) is 4.74 Å². The zero-order chi connectivity index (χ0) is 24.6. The highest BCUT2D eigenvalue weighted by atomic mass is 19.1. The molecular weight excluding hydrogens is 443 g/mol. The summed E-state index contributed by atoms with van der Waals surface area (Å²) in [4.78, 5) is 21.4. The second kappa shape index (κ2) is 11.9. The molecule has 7 heteroatoms. The second-order valence-corrected chi connectivity index (χ2v) is 9.13. The molecule has 1 aromatic heterocycles. The molecule has 0 atom stereocenters. The maximum absolute atomic E-state index is 14.8. The first-order chi connectivity index (χ1) is 17.0. The van der Waals surface area contributed by atoms with Crippen molar-refractivity contribution in [3.8, 4) is 17.0 Å². The summed E-state index contributed by atoms with van der Waals surface area (Å²) in [5, 5.41) is 2.93. The van der Waals surface area contributed by atoms with Gasteiger partial charge >= 0.3 is 0 Å². The topological polar surface area (TPSA) is 57.7 Å². The van der Waals surface area contributed by atoms with Crippen LogP contribution in [0.1, 0.15) is 16.7 Å². The number of hydrogen-bond donors (Lipinski definition) is 1. The van der Waals surface area contributed by atoms with E-state index in [1.165, 1.54) is 6.07 Å². The first-order valence-electron chi connectivity index (χ1n) is 12.1. The number of hydrogen-bond acceptors (Lipinski definition) is 5. The molecule has 1 fully saturated rings. The minimum atomic E-state index is -0.377. The Morgan fingerprint density at radius 2 is 1.89 bits per heavy atom. The maximum atomic E-state index is 14.8. The molecule has 1 saturated heterocycles. The van der Waals surface area contributed by atoms with Crippen LogP contribution in [0, 0.1) is 12.7 Å². The third-order valence-corrected chi connectivity index (χ3v) is 6.25. The van der Waals surface area contributed by atoms with Crippen LogP contribution in [0.25, 0.3) is 11.3 Å². The molecule has 35 heavy (non-hydrogen) atoms. The van der Waals surface area contributed by atoms with E-state index in [0.717, 1.165) is 49.4 Å². The minimum Gasteiger partial charge on any atom is -0.492 e. The van der Waals surface area contributed by atoms with Gasteiger partial charge in [0.2, 0.25) is 5.91 Å². The monoisotopic (exact) mass is 476 g/mol. The molecule has 1 amide bonds. The number of benzene rings is 2. The lowest BCUT2D eigenvalue weighted by Gasteiger charge is -2.32. The van der Waals surface area contributed by atoms with Crippen LogP contribution >= 0.6 is 0 Å². The quantitative estimate of drug-likeness (QED) is 0.511. The minimum absolute atomic E-state index is 0.0784. The predicted molar refractivity (Wildman–Crippen MR) is 136 cm³/mol. The van der Waals surface area contributed by atoms with Crippen LogP contribution in [0.4, 0.5) is 4.39 Å². The van der Waals surface area contributed by atoms with E-state index in [1.807, 2.05) is 31.2 Å². The average molecular weight is 477 g/mol. The summed E-state index contributed by atoms with van der Waals surface area (Å²) in [5.41, 5.74) is 3.94. The molecule has 2 heterocycles. The highest BCUT2D eigenvalue weighted by Crippen LogP contribution is 2.25. The van der Waals surface area contributed by atoms with E-state index in [1.54, 1.807) is 24.4 Å². The zero-order valence-corrected chi connectivity index (χ0v) is 20.5. The predicted octanol–water partition coefficient (Wildman–Crippen LogP) is 3.68. The van der Waals surface area contributed by atoms with E-state index in [-0.39, 0.29) is 18.1 Å². The summed E-state index contributed by atoms with van der Waals surface area (Å²) in [6.45, 7) is 8.06. The molecule has 2 aromatic carbocycles. The van der Waals surface area contributed by atoms with Crippen molar-refractivity contribution < 1.29 is 13.9 Å². The molecule has 0 spiro atoms. The molecule has 1 N–H and O–H groups in total. The SMILES string of the molecule is Cc1cccc(CNC(=O)Cc2ccc(-c3ccc(OCCN4CCN(C)CC4)cc3F)nc2)c1. The van der Waals surface area contributed by atoms with Crippen LogP contribution in [0.5, 0.6) is 5.75 Å². The van der Waals surface area contributed by atoms with Gasteiger partial charge in [-0.25, -0.2) is 4.39 Å². The Morgan fingerprint density at radius 1 is 1.06 bits per heavy atom. The molecule has 0 saturated carbocycles. The van der Waals surface area contributed by atoms with Gasteiger partial charge in [-0.2, -0.15) is 0 Å². The molecule has 1 aliphatic heterocycles. The number of aromatic nitrogens is 1. The Morgan fingerprint density at radius 3 is 2.60 bits per heavy atom. The van der Waals surface area contributed by atoms with Gasteiger partial charge in [-0.15, -0.1) is 0 Å². The summed E-state index contributed by atoms with van der Waals surface area (Å²) < 4.78 is 20.5. The lowest BCUT2D eigenvalue weighted by atomic mass is 10.1. The van der Waals surface area contributed by atoms with E-state index in [9.17, 15) is 9.18 Å². The van der Waals surface area contributed by atoms with E-state index in [0.29, 0.717) is 30.2 Å². The summed E-state index contributed by atoms with van der Waals surface area (Å²) in [5.74, 6) is 0.0610. The van der Waals surface area contributed by atoms with Crippen LogP contribution in [0.3, 0.4) is 0 Å². The molecule has 184 valence electrons. The number of aryl methyl sites for hydroxylation is 1. The van der Waals surface area contributed by atoms with Crippen molar-refractivity contribution in [1.29, 1.82) is 0 Å².